The number of esters is 1. The number of hydroxylamine groups is 1. The van der Waals surface area contributed by atoms with Gasteiger partial charge in [-0.1, -0.05) is 42.5 Å². The fraction of sp³-hybridized carbons (Fsp3) is 0.167. The standard InChI is InChI=1S/C18H19NO4/c1-13-8-10-16(11-9-13)22-12-15-6-4-5-7-17(15)23-18(20)14(2)19-21-3/h4-11,19H,2,12H2,1,3H3. The molecule has 1 N–H and O–H groups in total. The number of para-hydroxylation sites is 1. The number of aryl methyl sites for hydroxylation is 1. The third-order valence-corrected chi connectivity index (χ3v) is 3.06. The Labute approximate surface area is 135 Å². The van der Waals surface area contributed by atoms with Crippen molar-refractivity contribution in [3.8, 4) is 11.5 Å². The Morgan fingerprint density at radius 1 is 1.13 bits per heavy atom. The zero-order chi connectivity index (χ0) is 16.7. The van der Waals surface area contributed by atoms with Crippen LogP contribution in [0.5, 0.6) is 11.5 Å². The van der Waals surface area contributed by atoms with E-state index in [1.807, 2.05) is 43.3 Å². The highest BCUT2D eigenvalue weighted by molar-refractivity contribution is 5.88. The first-order valence-corrected chi connectivity index (χ1v) is 7.07. The van der Waals surface area contributed by atoms with E-state index in [0.717, 1.165) is 16.9 Å². The fourth-order valence-corrected chi connectivity index (χ4v) is 1.84. The largest absolute Gasteiger partial charge is 0.489 e. The molecule has 0 aromatic heterocycles. The summed E-state index contributed by atoms with van der Waals surface area (Å²) >= 11 is 0. The third kappa shape index (κ3) is 4.86. The van der Waals surface area contributed by atoms with Gasteiger partial charge in [0.15, 0.2) is 0 Å². The molecule has 0 unspecified atom stereocenters. The van der Waals surface area contributed by atoms with Crippen LogP contribution in [-0.4, -0.2) is 13.1 Å². The summed E-state index contributed by atoms with van der Waals surface area (Å²) in [6.45, 7) is 5.83. The molecule has 5 heteroatoms. The van der Waals surface area contributed by atoms with Gasteiger partial charge in [-0.25, -0.2) is 4.79 Å². The van der Waals surface area contributed by atoms with Crippen LogP contribution in [0, 0.1) is 6.92 Å². The van der Waals surface area contributed by atoms with Gasteiger partial charge in [0.25, 0.3) is 0 Å². The molecule has 2 aromatic rings. The molecule has 0 saturated carbocycles. The number of nitrogens with one attached hydrogen (secondary N) is 1. The van der Waals surface area contributed by atoms with Gasteiger partial charge in [-0.15, -0.1) is 0 Å². The maximum Gasteiger partial charge on any atom is 0.361 e. The van der Waals surface area contributed by atoms with Crippen LogP contribution in [0.15, 0.2) is 60.8 Å². The average molecular weight is 313 g/mol. The van der Waals surface area contributed by atoms with Crippen LogP contribution in [0.3, 0.4) is 0 Å². The van der Waals surface area contributed by atoms with Crippen LogP contribution < -0.4 is 15.0 Å². The molecule has 0 bridgehead atoms. The van der Waals surface area contributed by atoms with Crippen LogP contribution in [0.4, 0.5) is 0 Å². The van der Waals surface area contributed by atoms with Crippen molar-refractivity contribution in [2.45, 2.75) is 13.5 Å². The SMILES string of the molecule is C=C(NOC)C(=O)Oc1ccccc1COc1ccc(C)cc1. The van der Waals surface area contributed by atoms with Gasteiger partial charge in [0.1, 0.15) is 23.8 Å². The molecule has 5 nitrogen and oxygen atoms in total. The summed E-state index contributed by atoms with van der Waals surface area (Å²) in [7, 11) is 1.39. The van der Waals surface area contributed by atoms with Crippen LogP contribution in [0.2, 0.25) is 0 Å². The second-order valence-electron chi connectivity index (χ2n) is 4.88. The van der Waals surface area contributed by atoms with Gasteiger partial charge in [0, 0.05) is 5.56 Å². The lowest BCUT2D eigenvalue weighted by molar-refractivity contribution is -0.131. The first-order chi connectivity index (χ1) is 11.1. The number of hydrogen-bond acceptors (Lipinski definition) is 5. The Bertz CT molecular complexity index is 680. The van der Waals surface area contributed by atoms with Gasteiger partial charge in [0.2, 0.25) is 0 Å². The smallest absolute Gasteiger partial charge is 0.361 e. The van der Waals surface area contributed by atoms with Crippen LogP contribution in [0.25, 0.3) is 0 Å². The molecule has 0 saturated heterocycles. The zero-order valence-corrected chi connectivity index (χ0v) is 13.2. The Balaban J connectivity index is 2.03. The molecule has 0 atom stereocenters. The van der Waals surface area contributed by atoms with E-state index >= 15 is 0 Å². The number of carbonyl (C=O) groups is 1. The molecular weight excluding hydrogens is 294 g/mol. The van der Waals surface area contributed by atoms with Crippen molar-refractivity contribution in [2.24, 2.45) is 0 Å². The van der Waals surface area contributed by atoms with Gasteiger partial charge in [-0.05, 0) is 25.1 Å². The van der Waals surface area contributed by atoms with Crippen molar-refractivity contribution in [1.82, 2.24) is 5.48 Å². The van der Waals surface area contributed by atoms with Gasteiger partial charge in [0.05, 0.1) is 7.11 Å². The minimum absolute atomic E-state index is 0.0155. The van der Waals surface area contributed by atoms with Crippen molar-refractivity contribution < 1.29 is 19.1 Å². The molecule has 2 aromatic carbocycles. The number of benzene rings is 2. The normalized spacial score (nSPS) is 10.0. The van der Waals surface area contributed by atoms with Crippen molar-refractivity contribution in [3.05, 3.63) is 71.9 Å². The Hall–Kier alpha value is -2.79. The van der Waals surface area contributed by atoms with Crippen LogP contribution in [0.1, 0.15) is 11.1 Å². The Morgan fingerprint density at radius 3 is 2.52 bits per heavy atom. The van der Waals surface area contributed by atoms with E-state index in [1.54, 1.807) is 12.1 Å². The highest BCUT2D eigenvalue weighted by Crippen LogP contribution is 2.21. The van der Waals surface area contributed by atoms with E-state index in [1.165, 1.54) is 7.11 Å². The molecule has 2 rings (SSSR count). The van der Waals surface area contributed by atoms with Crippen LogP contribution >= 0.6 is 0 Å². The second kappa shape index (κ2) is 8.00. The summed E-state index contributed by atoms with van der Waals surface area (Å²) in [5.74, 6) is 0.556. The van der Waals surface area contributed by atoms with Crippen molar-refractivity contribution >= 4 is 5.97 Å². The molecule has 0 amide bonds. The van der Waals surface area contributed by atoms with E-state index in [4.69, 9.17) is 9.47 Å². The first kappa shape index (κ1) is 16.6. The highest BCUT2D eigenvalue weighted by atomic mass is 16.6. The van der Waals surface area contributed by atoms with Crippen LogP contribution in [-0.2, 0) is 16.2 Å². The first-order valence-electron chi connectivity index (χ1n) is 7.07. The molecule has 0 aliphatic heterocycles. The molecule has 0 fully saturated rings. The predicted octanol–water partition coefficient (Wildman–Crippen LogP) is 3.14. The Morgan fingerprint density at radius 2 is 1.83 bits per heavy atom. The van der Waals surface area contributed by atoms with E-state index in [2.05, 4.69) is 16.9 Å². The second-order valence-corrected chi connectivity index (χ2v) is 4.88. The molecule has 0 spiro atoms. The van der Waals surface area contributed by atoms with E-state index < -0.39 is 5.97 Å². The maximum absolute atomic E-state index is 11.9. The molecule has 0 aliphatic rings. The molecule has 23 heavy (non-hydrogen) atoms. The number of rotatable bonds is 7. The van der Waals surface area contributed by atoms with E-state index in [9.17, 15) is 4.79 Å². The number of carbonyl (C=O) groups excluding carboxylic acids is 1. The minimum atomic E-state index is -0.616. The highest BCUT2D eigenvalue weighted by Gasteiger charge is 2.12. The fourth-order valence-electron chi connectivity index (χ4n) is 1.84. The Kier molecular flexibility index (Phi) is 5.77. The summed E-state index contributed by atoms with van der Waals surface area (Å²) < 4.78 is 11.0. The monoisotopic (exact) mass is 313 g/mol. The van der Waals surface area contributed by atoms with Crippen molar-refractivity contribution in [3.63, 3.8) is 0 Å². The number of hydrogen-bond donors (Lipinski definition) is 1. The van der Waals surface area contributed by atoms with Gasteiger partial charge in [-0.3, -0.25) is 10.3 Å². The molecule has 0 heterocycles. The lowest BCUT2D eigenvalue weighted by Gasteiger charge is -2.12. The summed E-state index contributed by atoms with van der Waals surface area (Å²) in [6.07, 6.45) is 0. The van der Waals surface area contributed by atoms with E-state index in [-0.39, 0.29) is 12.3 Å². The van der Waals surface area contributed by atoms with Gasteiger partial charge < -0.3 is 9.47 Å². The lowest BCUT2D eigenvalue weighted by Crippen LogP contribution is -2.22. The minimum Gasteiger partial charge on any atom is -0.489 e. The molecule has 120 valence electrons. The summed E-state index contributed by atoms with van der Waals surface area (Å²) in [5, 5.41) is 0. The molecular formula is C18H19NO4. The van der Waals surface area contributed by atoms with Gasteiger partial charge in [-0.2, -0.15) is 0 Å². The third-order valence-electron chi connectivity index (χ3n) is 3.06. The lowest BCUT2D eigenvalue weighted by atomic mass is 10.2. The summed E-state index contributed by atoms with van der Waals surface area (Å²) in [6, 6.07) is 14.9. The number of ether oxygens (including phenoxy) is 2. The zero-order valence-electron chi connectivity index (χ0n) is 13.2. The van der Waals surface area contributed by atoms with Gasteiger partial charge >= 0.3 is 5.97 Å². The molecule has 0 aliphatic carbocycles. The quantitative estimate of drug-likeness (QED) is 0.368. The summed E-state index contributed by atoms with van der Waals surface area (Å²) in [5.41, 5.74) is 4.28. The van der Waals surface area contributed by atoms with Crippen molar-refractivity contribution in [1.29, 1.82) is 0 Å². The predicted molar refractivity (Wildman–Crippen MR) is 86.9 cm³/mol. The molecule has 0 radical (unpaired) electrons. The van der Waals surface area contributed by atoms with Crippen molar-refractivity contribution in [2.75, 3.05) is 7.11 Å². The maximum atomic E-state index is 11.9. The summed E-state index contributed by atoms with van der Waals surface area (Å²) in [4.78, 5) is 16.5. The topological polar surface area (TPSA) is 56.8 Å². The average Bonchev–Trinajstić information content (AvgIpc) is 2.55. The van der Waals surface area contributed by atoms with E-state index in [0.29, 0.717) is 5.75 Å².